The molecule has 0 radical (unpaired) electrons. The molecule has 2 nitrogen and oxygen atoms in total. The van der Waals surface area contributed by atoms with E-state index < -0.39 is 0 Å². The van der Waals surface area contributed by atoms with Crippen molar-refractivity contribution in [3.63, 3.8) is 0 Å². The van der Waals surface area contributed by atoms with Crippen molar-refractivity contribution in [2.24, 2.45) is 5.92 Å². The molecule has 0 aromatic rings. The van der Waals surface area contributed by atoms with Gasteiger partial charge in [-0.1, -0.05) is 15.9 Å². The van der Waals surface area contributed by atoms with Crippen LogP contribution in [-0.4, -0.2) is 43.1 Å². The zero-order valence-electron chi connectivity index (χ0n) is 9.34. The van der Waals surface area contributed by atoms with Gasteiger partial charge in [-0.2, -0.15) is 0 Å². The Hall–Kier alpha value is 0.400. The topological polar surface area (TPSA) is 12.5 Å². The quantitative estimate of drug-likeness (QED) is 0.707. The van der Waals surface area contributed by atoms with Crippen LogP contribution in [0.3, 0.4) is 0 Å². The van der Waals surface area contributed by atoms with Crippen molar-refractivity contribution in [3.8, 4) is 0 Å². The largest absolute Gasteiger partial charge is 0.383 e. The first-order valence-corrected chi connectivity index (χ1v) is 6.69. The maximum atomic E-state index is 5.20. The maximum Gasteiger partial charge on any atom is 0.0615 e. The van der Waals surface area contributed by atoms with Gasteiger partial charge in [-0.05, 0) is 38.6 Å². The summed E-state index contributed by atoms with van der Waals surface area (Å²) in [5, 5.41) is 1.14. The van der Waals surface area contributed by atoms with E-state index in [1.165, 1.54) is 32.4 Å². The molecule has 0 aliphatic carbocycles. The number of likely N-dealkylation sites (tertiary alicyclic amines) is 1. The van der Waals surface area contributed by atoms with Crippen LogP contribution in [0, 0.1) is 5.92 Å². The zero-order valence-corrected chi connectivity index (χ0v) is 10.9. The number of halogens is 1. The predicted octanol–water partition coefficient (Wildman–Crippen LogP) is 2.52. The minimum Gasteiger partial charge on any atom is -0.383 e. The van der Waals surface area contributed by atoms with E-state index in [9.17, 15) is 0 Å². The average molecular weight is 264 g/mol. The third-order valence-corrected chi connectivity index (χ3v) is 3.56. The number of ether oxygens (including phenoxy) is 1. The van der Waals surface area contributed by atoms with Crippen LogP contribution >= 0.6 is 15.9 Å². The Morgan fingerprint density at radius 2 is 2.36 bits per heavy atom. The molecule has 0 saturated carbocycles. The highest BCUT2D eigenvalue weighted by Crippen LogP contribution is 2.21. The van der Waals surface area contributed by atoms with Crippen LogP contribution in [-0.2, 0) is 4.74 Å². The van der Waals surface area contributed by atoms with Gasteiger partial charge >= 0.3 is 0 Å². The van der Waals surface area contributed by atoms with Crippen LogP contribution in [0.15, 0.2) is 0 Å². The molecule has 1 fully saturated rings. The summed E-state index contributed by atoms with van der Waals surface area (Å²) in [7, 11) is 1.79. The molecule has 0 N–H and O–H groups in total. The summed E-state index contributed by atoms with van der Waals surface area (Å²) in [6, 6.07) is 0.582. The minimum absolute atomic E-state index is 0.582. The fourth-order valence-electron chi connectivity index (χ4n) is 2.23. The smallest absolute Gasteiger partial charge is 0.0615 e. The SMILES string of the molecule is COCC(C)N1CCCC(CCBr)C1. The normalized spacial score (nSPS) is 26.4. The van der Waals surface area contributed by atoms with Crippen molar-refractivity contribution in [3.05, 3.63) is 0 Å². The lowest BCUT2D eigenvalue weighted by Gasteiger charge is -2.36. The average Bonchev–Trinajstić information content (AvgIpc) is 2.19. The van der Waals surface area contributed by atoms with E-state index in [1.807, 2.05) is 0 Å². The van der Waals surface area contributed by atoms with Crippen LogP contribution < -0.4 is 0 Å². The van der Waals surface area contributed by atoms with Gasteiger partial charge < -0.3 is 4.74 Å². The number of piperidine rings is 1. The molecule has 0 aromatic heterocycles. The summed E-state index contributed by atoms with van der Waals surface area (Å²) in [6.45, 7) is 5.64. The summed E-state index contributed by atoms with van der Waals surface area (Å²) < 4.78 is 5.20. The fourth-order valence-corrected chi connectivity index (χ4v) is 2.88. The summed E-state index contributed by atoms with van der Waals surface area (Å²) in [5.74, 6) is 0.891. The van der Waals surface area contributed by atoms with Crippen molar-refractivity contribution in [1.29, 1.82) is 0 Å². The monoisotopic (exact) mass is 263 g/mol. The van der Waals surface area contributed by atoms with E-state index in [1.54, 1.807) is 7.11 Å². The summed E-state index contributed by atoms with van der Waals surface area (Å²) >= 11 is 3.53. The summed E-state index contributed by atoms with van der Waals surface area (Å²) in [4.78, 5) is 2.57. The van der Waals surface area contributed by atoms with E-state index in [4.69, 9.17) is 4.74 Å². The summed E-state index contributed by atoms with van der Waals surface area (Å²) in [5.41, 5.74) is 0. The lowest BCUT2D eigenvalue weighted by Crippen LogP contribution is -2.43. The lowest BCUT2D eigenvalue weighted by molar-refractivity contribution is 0.0676. The molecule has 0 spiro atoms. The molecule has 0 bridgehead atoms. The van der Waals surface area contributed by atoms with Gasteiger partial charge in [0.25, 0.3) is 0 Å². The highest BCUT2D eigenvalue weighted by atomic mass is 79.9. The Morgan fingerprint density at radius 3 is 3.00 bits per heavy atom. The number of nitrogens with zero attached hydrogens (tertiary/aromatic N) is 1. The molecule has 1 aliphatic rings. The van der Waals surface area contributed by atoms with Gasteiger partial charge in [0.1, 0.15) is 0 Å². The predicted molar refractivity (Wildman–Crippen MR) is 64.0 cm³/mol. The fraction of sp³-hybridized carbons (Fsp3) is 1.00. The Labute approximate surface area is 96.1 Å². The van der Waals surface area contributed by atoms with Crippen molar-refractivity contribution in [2.45, 2.75) is 32.2 Å². The van der Waals surface area contributed by atoms with Crippen molar-refractivity contribution < 1.29 is 4.74 Å². The molecule has 0 aromatic carbocycles. The number of alkyl halides is 1. The molecule has 1 rings (SSSR count). The second kappa shape index (κ2) is 6.81. The van der Waals surface area contributed by atoms with Gasteiger partial charge in [0, 0.05) is 25.0 Å². The van der Waals surface area contributed by atoms with E-state index >= 15 is 0 Å². The molecule has 2 atom stereocenters. The van der Waals surface area contributed by atoms with E-state index in [0.717, 1.165) is 17.9 Å². The molecule has 0 amide bonds. The van der Waals surface area contributed by atoms with Crippen LogP contribution in [0.4, 0.5) is 0 Å². The zero-order chi connectivity index (χ0) is 10.4. The Bertz CT molecular complexity index is 148. The minimum atomic E-state index is 0.582. The molecule has 3 heteroatoms. The highest BCUT2D eigenvalue weighted by molar-refractivity contribution is 9.09. The molecule has 14 heavy (non-hydrogen) atoms. The first kappa shape index (κ1) is 12.5. The Kier molecular flexibility index (Phi) is 6.06. The number of methoxy groups -OCH3 is 1. The van der Waals surface area contributed by atoms with Gasteiger partial charge in [-0.25, -0.2) is 0 Å². The first-order valence-electron chi connectivity index (χ1n) is 5.57. The number of hydrogen-bond acceptors (Lipinski definition) is 2. The number of rotatable bonds is 5. The van der Waals surface area contributed by atoms with Crippen molar-refractivity contribution >= 4 is 15.9 Å². The van der Waals surface area contributed by atoms with Gasteiger partial charge in [0.2, 0.25) is 0 Å². The standard InChI is InChI=1S/C11H22BrNO/c1-10(9-14-2)13-7-3-4-11(8-13)5-6-12/h10-11H,3-9H2,1-2H3. The molecule has 1 aliphatic heterocycles. The second-order valence-electron chi connectivity index (χ2n) is 4.29. The van der Waals surface area contributed by atoms with Gasteiger partial charge in [0.15, 0.2) is 0 Å². The molecule has 2 unspecified atom stereocenters. The van der Waals surface area contributed by atoms with Gasteiger partial charge in [-0.3, -0.25) is 4.90 Å². The molecular formula is C11H22BrNO. The third-order valence-electron chi connectivity index (χ3n) is 3.10. The molecule has 84 valence electrons. The van der Waals surface area contributed by atoms with Gasteiger partial charge in [0.05, 0.1) is 6.61 Å². The number of hydrogen-bond donors (Lipinski definition) is 0. The van der Waals surface area contributed by atoms with Crippen LogP contribution in [0.5, 0.6) is 0 Å². The Balaban J connectivity index is 2.31. The molecule has 1 saturated heterocycles. The Morgan fingerprint density at radius 1 is 1.57 bits per heavy atom. The maximum absolute atomic E-state index is 5.20. The van der Waals surface area contributed by atoms with Crippen LogP contribution in [0.25, 0.3) is 0 Å². The van der Waals surface area contributed by atoms with Gasteiger partial charge in [-0.15, -0.1) is 0 Å². The van der Waals surface area contributed by atoms with E-state index in [-0.39, 0.29) is 0 Å². The van der Waals surface area contributed by atoms with Crippen molar-refractivity contribution in [1.82, 2.24) is 4.90 Å². The highest BCUT2D eigenvalue weighted by Gasteiger charge is 2.22. The first-order chi connectivity index (χ1) is 6.77. The molecular weight excluding hydrogens is 242 g/mol. The second-order valence-corrected chi connectivity index (χ2v) is 5.08. The van der Waals surface area contributed by atoms with Crippen molar-refractivity contribution in [2.75, 3.05) is 32.1 Å². The lowest BCUT2D eigenvalue weighted by atomic mass is 9.95. The van der Waals surface area contributed by atoms with E-state index in [2.05, 4.69) is 27.8 Å². The molecule has 1 heterocycles. The third kappa shape index (κ3) is 3.87. The van der Waals surface area contributed by atoms with Crippen LogP contribution in [0.1, 0.15) is 26.2 Å². The van der Waals surface area contributed by atoms with E-state index in [0.29, 0.717) is 6.04 Å². The summed E-state index contributed by atoms with van der Waals surface area (Å²) in [6.07, 6.45) is 4.07. The van der Waals surface area contributed by atoms with Crippen LogP contribution in [0.2, 0.25) is 0 Å².